The number of hydrogen-bond donors (Lipinski definition) is 1. The highest BCUT2D eigenvalue weighted by Crippen LogP contribution is 2.33. The summed E-state index contributed by atoms with van der Waals surface area (Å²) in [5.41, 5.74) is 4.90. The van der Waals surface area contributed by atoms with Gasteiger partial charge in [-0.25, -0.2) is 4.98 Å². The minimum absolute atomic E-state index is 0.0149. The lowest BCUT2D eigenvalue weighted by Crippen LogP contribution is -2.36. The molecule has 0 saturated carbocycles. The maximum Gasteiger partial charge on any atom is 0.226 e. The Hall–Kier alpha value is -2.92. The maximum atomic E-state index is 12.1. The number of nitrogens with zero attached hydrogens (tertiary/aromatic N) is 2. The highest BCUT2D eigenvalue weighted by Gasteiger charge is 2.17. The maximum absolute atomic E-state index is 12.1. The van der Waals surface area contributed by atoms with Crippen LogP contribution in [-0.4, -0.2) is 37.2 Å². The fourth-order valence-corrected chi connectivity index (χ4v) is 3.40. The highest BCUT2D eigenvalue weighted by molar-refractivity contribution is 5.99. The first-order chi connectivity index (χ1) is 13.6. The number of rotatable bonds is 4. The Kier molecular flexibility index (Phi) is 5.26. The van der Waals surface area contributed by atoms with Crippen LogP contribution in [0.1, 0.15) is 13.8 Å². The molecule has 5 heteroatoms. The molecular weight excluding hydrogens is 350 g/mol. The average molecular weight is 375 g/mol. The summed E-state index contributed by atoms with van der Waals surface area (Å²) in [6.07, 6.45) is 0. The molecule has 2 heterocycles. The molecule has 1 amide bonds. The van der Waals surface area contributed by atoms with E-state index in [1.807, 2.05) is 50.2 Å². The molecule has 2 aromatic carbocycles. The number of nitrogens with one attached hydrogen (secondary N) is 1. The monoisotopic (exact) mass is 375 g/mol. The molecule has 3 aromatic rings. The van der Waals surface area contributed by atoms with Crippen molar-refractivity contribution < 1.29 is 9.53 Å². The SMILES string of the molecule is CC(C)C(=O)Nc1ccc2nc(-c3ccccc3)cc(N3CCOCC3)c2c1. The van der Waals surface area contributed by atoms with E-state index in [2.05, 4.69) is 28.4 Å². The number of fused-ring (bicyclic) bond motifs is 1. The Morgan fingerprint density at radius 3 is 2.54 bits per heavy atom. The molecule has 1 aliphatic rings. The number of benzene rings is 2. The van der Waals surface area contributed by atoms with Crippen molar-refractivity contribution in [1.82, 2.24) is 4.98 Å². The molecular formula is C23H25N3O2. The molecule has 144 valence electrons. The van der Waals surface area contributed by atoms with Crippen LogP contribution in [0.3, 0.4) is 0 Å². The van der Waals surface area contributed by atoms with Crippen LogP contribution < -0.4 is 10.2 Å². The molecule has 4 rings (SSSR count). The number of ether oxygens (including phenoxy) is 1. The fourth-order valence-electron chi connectivity index (χ4n) is 3.40. The van der Waals surface area contributed by atoms with Crippen LogP contribution in [0.4, 0.5) is 11.4 Å². The first-order valence-corrected chi connectivity index (χ1v) is 9.75. The van der Waals surface area contributed by atoms with E-state index in [0.29, 0.717) is 13.2 Å². The molecule has 1 fully saturated rings. The number of amides is 1. The summed E-state index contributed by atoms with van der Waals surface area (Å²) in [4.78, 5) is 19.3. The average Bonchev–Trinajstić information content (AvgIpc) is 2.74. The summed E-state index contributed by atoms with van der Waals surface area (Å²) in [5.74, 6) is -0.0471. The van der Waals surface area contributed by atoms with E-state index in [1.54, 1.807) is 0 Å². The van der Waals surface area contributed by atoms with Crippen LogP contribution in [-0.2, 0) is 9.53 Å². The van der Waals surface area contributed by atoms with Gasteiger partial charge in [0.1, 0.15) is 0 Å². The van der Waals surface area contributed by atoms with Gasteiger partial charge in [-0.05, 0) is 24.3 Å². The predicted octanol–water partition coefficient (Wildman–Crippen LogP) is 4.33. The normalized spacial score (nSPS) is 14.5. The van der Waals surface area contributed by atoms with Gasteiger partial charge >= 0.3 is 0 Å². The smallest absolute Gasteiger partial charge is 0.226 e. The molecule has 0 atom stereocenters. The summed E-state index contributed by atoms with van der Waals surface area (Å²) < 4.78 is 5.54. The van der Waals surface area contributed by atoms with Crippen molar-refractivity contribution in [2.24, 2.45) is 5.92 Å². The van der Waals surface area contributed by atoms with E-state index in [1.165, 1.54) is 0 Å². The number of carbonyl (C=O) groups is 1. The standard InChI is InChI=1S/C23H25N3O2/c1-16(2)23(27)24-18-8-9-20-19(14-18)22(26-10-12-28-13-11-26)15-21(25-20)17-6-4-3-5-7-17/h3-9,14-16H,10-13H2,1-2H3,(H,24,27). The van der Waals surface area contributed by atoms with Gasteiger partial charge in [-0.3, -0.25) is 4.79 Å². The second kappa shape index (κ2) is 7.98. The summed E-state index contributed by atoms with van der Waals surface area (Å²) in [5, 5.41) is 4.04. The van der Waals surface area contributed by atoms with Crippen LogP contribution in [0.5, 0.6) is 0 Å². The first-order valence-electron chi connectivity index (χ1n) is 9.75. The van der Waals surface area contributed by atoms with Gasteiger partial charge in [0, 0.05) is 41.3 Å². The van der Waals surface area contributed by atoms with Crippen molar-refractivity contribution in [3.63, 3.8) is 0 Å². The molecule has 28 heavy (non-hydrogen) atoms. The zero-order valence-electron chi connectivity index (χ0n) is 16.3. The van der Waals surface area contributed by atoms with Crippen LogP contribution in [0, 0.1) is 5.92 Å². The van der Waals surface area contributed by atoms with E-state index >= 15 is 0 Å². The van der Waals surface area contributed by atoms with E-state index in [-0.39, 0.29) is 11.8 Å². The number of carbonyl (C=O) groups excluding carboxylic acids is 1. The van der Waals surface area contributed by atoms with E-state index < -0.39 is 0 Å². The molecule has 0 radical (unpaired) electrons. The van der Waals surface area contributed by atoms with Gasteiger partial charge < -0.3 is 15.0 Å². The van der Waals surface area contributed by atoms with Crippen molar-refractivity contribution in [1.29, 1.82) is 0 Å². The fraction of sp³-hybridized carbons (Fsp3) is 0.304. The van der Waals surface area contributed by atoms with Gasteiger partial charge in [-0.2, -0.15) is 0 Å². The van der Waals surface area contributed by atoms with Gasteiger partial charge in [0.25, 0.3) is 0 Å². The molecule has 0 unspecified atom stereocenters. The van der Waals surface area contributed by atoms with Crippen LogP contribution in [0.25, 0.3) is 22.2 Å². The lowest BCUT2D eigenvalue weighted by Gasteiger charge is -2.30. The van der Waals surface area contributed by atoms with Crippen molar-refractivity contribution in [3.05, 3.63) is 54.6 Å². The number of anilines is 2. The molecule has 5 nitrogen and oxygen atoms in total. The topological polar surface area (TPSA) is 54.5 Å². The van der Waals surface area contributed by atoms with Gasteiger partial charge in [0.05, 0.1) is 24.4 Å². The van der Waals surface area contributed by atoms with E-state index in [9.17, 15) is 4.79 Å². The molecule has 1 saturated heterocycles. The van der Waals surface area contributed by atoms with Crippen molar-refractivity contribution in [2.45, 2.75) is 13.8 Å². The Bertz CT molecular complexity index is 980. The molecule has 0 spiro atoms. The van der Waals surface area contributed by atoms with Gasteiger partial charge in [-0.15, -0.1) is 0 Å². The van der Waals surface area contributed by atoms with Crippen LogP contribution in [0.2, 0.25) is 0 Å². The summed E-state index contributed by atoms with van der Waals surface area (Å²) in [7, 11) is 0. The van der Waals surface area contributed by atoms with Crippen molar-refractivity contribution in [3.8, 4) is 11.3 Å². The third-order valence-corrected chi connectivity index (χ3v) is 5.00. The molecule has 1 aliphatic heterocycles. The third kappa shape index (κ3) is 3.85. The molecule has 1 aromatic heterocycles. The lowest BCUT2D eigenvalue weighted by atomic mass is 10.1. The van der Waals surface area contributed by atoms with E-state index in [4.69, 9.17) is 9.72 Å². The molecule has 1 N–H and O–H groups in total. The van der Waals surface area contributed by atoms with Gasteiger partial charge in [0.15, 0.2) is 0 Å². The number of morpholine rings is 1. The third-order valence-electron chi connectivity index (χ3n) is 5.00. The zero-order valence-corrected chi connectivity index (χ0v) is 16.3. The Morgan fingerprint density at radius 1 is 1.07 bits per heavy atom. The largest absolute Gasteiger partial charge is 0.378 e. The van der Waals surface area contributed by atoms with Crippen molar-refractivity contribution >= 4 is 28.2 Å². The Labute approximate surface area is 165 Å². The van der Waals surface area contributed by atoms with Gasteiger partial charge in [0.2, 0.25) is 5.91 Å². The molecule has 0 bridgehead atoms. The number of hydrogen-bond acceptors (Lipinski definition) is 4. The Balaban J connectivity index is 1.82. The highest BCUT2D eigenvalue weighted by atomic mass is 16.5. The quantitative estimate of drug-likeness (QED) is 0.737. The van der Waals surface area contributed by atoms with Crippen LogP contribution >= 0.6 is 0 Å². The summed E-state index contributed by atoms with van der Waals surface area (Å²) in [6.45, 7) is 6.90. The number of pyridine rings is 1. The minimum Gasteiger partial charge on any atom is -0.378 e. The lowest BCUT2D eigenvalue weighted by molar-refractivity contribution is -0.118. The Morgan fingerprint density at radius 2 is 1.82 bits per heavy atom. The minimum atomic E-state index is -0.0620. The van der Waals surface area contributed by atoms with E-state index in [0.717, 1.165) is 46.6 Å². The number of aromatic nitrogens is 1. The molecule has 0 aliphatic carbocycles. The second-order valence-electron chi connectivity index (χ2n) is 7.37. The second-order valence-corrected chi connectivity index (χ2v) is 7.37. The van der Waals surface area contributed by atoms with Crippen LogP contribution in [0.15, 0.2) is 54.6 Å². The summed E-state index contributed by atoms with van der Waals surface area (Å²) in [6, 6.07) is 18.3. The van der Waals surface area contributed by atoms with Crippen molar-refractivity contribution in [2.75, 3.05) is 36.5 Å². The first kappa shape index (κ1) is 18.4. The van der Waals surface area contributed by atoms with Gasteiger partial charge in [-0.1, -0.05) is 44.2 Å². The predicted molar refractivity (Wildman–Crippen MR) is 114 cm³/mol. The zero-order chi connectivity index (χ0) is 19.5. The summed E-state index contributed by atoms with van der Waals surface area (Å²) >= 11 is 0.